The molecule has 20 heavy (non-hydrogen) atoms. The molecule has 8 heteroatoms. The molecule has 1 aliphatic rings. The highest BCUT2D eigenvalue weighted by molar-refractivity contribution is 9.10. The van der Waals surface area contributed by atoms with E-state index in [1.807, 2.05) is 0 Å². The van der Waals surface area contributed by atoms with Gasteiger partial charge in [-0.2, -0.15) is 0 Å². The van der Waals surface area contributed by atoms with Crippen LogP contribution in [0.5, 0.6) is 0 Å². The summed E-state index contributed by atoms with van der Waals surface area (Å²) in [6.45, 7) is 0.133. The maximum atomic E-state index is 12.2. The van der Waals surface area contributed by atoms with Crippen molar-refractivity contribution in [1.29, 1.82) is 0 Å². The zero-order valence-corrected chi connectivity index (χ0v) is 12.9. The van der Waals surface area contributed by atoms with E-state index in [2.05, 4.69) is 20.7 Å². The van der Waals surface area contributed by atoms with E-state index >= 15 is 0 Å². The van der Waals surface area contributed by atoms with E-state index in [0.717, 1.165) is 12.8 Å². The second-order valence-electron chi connectivity index (χ2n) is 4.93. The van der Waals surface area contributed by atoms with Crippen molar-refractivity contribution in [3.05, 3.63) is 28.2 Å². The molecule has 1 aromatic rings. The van der Waals surface area contributed by atoms with E-state index in [9.17, 15) is 13.2 Å². The van der Waals surface area contributed by atoms with Crippen LogP contribution in [0.4, 0.5) is 0 Å². The molecule has 1 fully saturated rings. The first-order valence-corrected chi connectivity index (χ1v) is 8.21. The second kappa shape index (κ2) is 5.44. The summed E-state index contributed by atoms with van der Waals surface area (Å²) in [6, 6.07) is 3.73. The van der Waals surface area contributed by atoms with Crippen LogP contribution in [0.3, 0.4) is 0 Å². The Morgan fingerprint density at radius 1 is 1.40 bits per heavy atom. The third kappa shape index (κ3) is 3.20. The molecule has 0 aliphatic heterocycles. The summed E-state index contributed by atoms with van der Waals surface area (Å²) in [6.07, 6.45) is 1.59. The van der Waals surface area contributed by atoms with Crippen LogP contribution < -0.4 is 4.72 Å². The molecule has 0 spiro atoms. The normalized spacial score (nSPS) is 16.9. The average Bonchev–Trinajstić information content (AvgIpc) is 3.17. The van der Waals surface area contributed by atoms with Gasteiger partial charge in [-0.05, 0) is 47.0 Å². The van der Waals surface area contributed by atoms with Gasteiger partial charge in [-0.3, -0.25) is 0 Å². The van der Waals surface area contributed by atoms with Crippen molar-refractivity contribution >= 4 is 31.9 Å². The fourth-order valence-corrected chi connectivity index (χ4v) is 3.98. The number of aromatic carboxylic acids is 1. The number of aliphatic hydroxyl groups excluding tert-OH is 1. The highest BCUT2D eigenvalue weighted by Gasteiger charge is 2.42. The highest BCUT2D eigenvalue weighted by Crippen LogP contribution is 2.44. The smallest absolute Gasteiger partial charge is 0.335 e. The molecule has 1 saturated carbocycles. The van der Waals surface area contributed by atoms with Gasteiger partial charge in [-0.1, -0.05) is 0 Å². The highest BCUT2D eigenvalue weighted by atomic mass is 79.9. The SMILES string of the molecule is O=C(O)c1ccc(S(=O)(=O)NCC2(CO)CC2)c(Br)c1. The predicted octanol–water partition coefficient (Wildman–Crippen LogP) is 1.20. The van der Waals surface area contributed by atoms with Crippen LogP contribution in [0, 0.1) is 5.41 Å². The Balaban J connectivity index is 2.19. The van der Waals surface area contributed by atoms with E-state index in [-0.39, 0.29) is 33.5 Å². The maximum absolute atomic E-state index is 12.2. The molecule has 0 radical (unpaired) electrons. The van der Waals surface area contributed by atoms with Gasteiger partial charge in [-0.25, -0.2) is 17.9 Å². The monoisotopic (exact) mass is 363 g/mol. The number of halogens is 1. The van der Waals surface area contributed by atoms with E-state index in [1.165, 1.54) is 18.2 Å². The average molecular weight is 364 g/mol. The van der Waals surface area contributed by atoms with Gasteiger partial charge >= 0.3 is 5.97 Å². The number of aliphatic hydroxyl groups is 1. The van der Waals surface area contributed by atoms with Crippen LogP contribution in [-0.2, 0) is 10.0 Å². The summed E-state index contributed by atoms with van der Waals surface area (Å²) in [5.74, 6) is -1.13. The number of hydrogen-bond acceptors (Lipinski definition) is 4. The second-order valence-corrected chi connectivity index (χ2v) is 7.52. The van der Waals surface area contributed by atoms with E-state index < -0.39 is 16.0 Å². The standard InChI is InChI=1S/C12H14BrNO5S/c13-9-5-8(11(16)17)1-2-10(9)20(18,19)14-6-12(7-15)3-4-12/h1-2,5,14-15H,3-4,6-7H2,(H,16,17). The molecule has 1 aliphatic carbocycles. The summed E-state index contributed by atoms with van der Waals surface area (Å²) in [7, 11) is -3.74. The molecule has 0 unspecified atom stereocenters. The van der Waals surface area contributed by atoms with Crippen molar-refractivity contribution in [3.63, 3.8) is 0 Å². The van der Waals surface area contributed by atoms with Gasteiger partial charge in [0.25, 0.3) is 0 Å². The van der Waals surface area contributed by atoms with Gasteiger partial charge < -0.3 is 10.2 Å². The quantitative estimate of drug-likeness (QED) is 0.704. The molecule has 2 rings (SSSR count). The lowest BCUT2D eigenvalue weighted by atomic mass is 10.1. The van der Waals surface area contributed by atoms with Gasteiger partial charge in [0.1, 0.15) is 0 Å². The molecular weight excluding hydrogens is 350 g/mol. The van der Waals surface area contributed by atoms with Gasteiger partial charge in [0, 0.05) is 23.0 Å². The number of sulfonamides is 1. The van der Waals surface area contributed by atoms with Gasteiger partial charge in [0.2, 0.25) is 10.0 Å². The molecule has 3 N–H and O–H groups in total. The van der Waals surface area contributed by atoms with Crippen LogP contribution in [0.15, 0.2) is 27.6 Å². The van der Waals surface area contributed by atoms with E-state index in [1.54, 1.807) is 0 Å². The third-order valence-corrected chi connectivity index (χ3v) is 5.78. The minimum atomic E-state index is -3.74. The lowest BCUT2D eigenvalue weighted by Gasteiger charge is -2.14. The van der Waals surface area contributed by atoms with Crippen LogP contribution in [0.2, 0.25) is 0 Å². The van der Waals surface area contributed by atoms with Crippen molar-refractivity contribution in [2.75, 3.05) is 13.2 Å². The van der Waals surface area contributed by atoms with Crippen LogP contribution in [0.25, 0.3) is 0 Å². The van der Waals surface area contributed by atoms with Crippen molar-refractivity contribution in [1.82, 2.24) is 4.72 Å². The number of nitrogens with one attached hydrogen (secondary N) is 1. The number of hydrogen-bond donors (Lipinski definition) is 3. The van der Waals surface area contributed by atoms with Crippen molar-refractivity contribution < 1.29 is 23.4 Å². The van der Waals surface area contributed by atoms with Crippen molar-refractivity contribution in [2.45, 2.75) is 17.7 Å². The Morgan fingerprint density at radius 3 is 2.50 bits per heavy atom. The van der Waals surface area contributed by atoms with Crippen LogP contribution in [-0.4, -0.2) is 37.8 Å². The number of carboxylic acids is 1. The zero-order chi connectivity index (χ0) is 15.0. The maximum Gasteiger partial charge on any atom is 0.335 e. The molecule has 0 saturated heterocycles. The number of benzene rings is 1. The molecular formula is C12H14BrNO5S. The van der Waals surface area contributed by atoms with Crippen LogP contribution >= 0.6 is 15.9 Å². The Bertz CT molecular complexity index is 639. The summed E-state index contributed by atoms with van der Waals surface area (Å²) < 4.78 is 27.0. The Kier molecular flexibility index (Phi) is 4.19. The molecule has 110 valence electrons. The predicted molar refractivity (Wildman–Crippen MR) is 75.0 cm³/mol. The topological polar surface area (TPSA) is 104 Å². The fraction of sp³-hybridized carbons (Fsp3) is 0.417. The number of rotatable bonds is 6. The fourth-order valence-electron chi connectivity index (χ4n) is 1.75. The lowest BCUT2D eigenvalue weighted by molar-refractivity contribution is 0.0696. The first-order chi connectivity index (χ1) is 9.30. The van der Waals surface area contributed by atoms with Gasteiger partial charge in [-0.15, -0.1) is 0 Å². The molecule has 0 amide bonds. The molecule has 0 bridgehead atoms. The van der Waals surface area contributed by atoms with Crippen LogP contribution in [0.1, 0.15) is 23.2 Å². The number of carbonyl (C=O) groups is 1. The molecule has 0 aromatic heterocycles. The summed E-state index contributed by atoms with van der Waals surface area (Å²) in [4.78, 5) is 10.8. The summed E-state index contributed by atoms with van der Waals surface area (Å²) in [5, 5.41) is 18.0. The van der Waals surface area contributed by atoms with Gasteiger partial charge in [0.15, 0.2) is 0 Å². The summed E-state index contributed by atoms with van der Waals surface area (Å²) in [5.41, 5.74) is -0.328. The minimum Gasteiger partial charge on any atom is -0.478 e. The Labute approximate surface area is 125 Å². The lowest BCUT2D eigenvalue weighted by Crippen LogP contribution is -2.32. The van der Waals surface area contributed by atoms with E-state index in [0.29, 0.717) is 0 Å². The van der Waals surface area contributed by atoms with Crippen molar-refractivity contribution in [2.24, 2.45) is 5.41 Å². The first kappa shape index (κ1) is 15.4. The van der Waals surface area contributed by atoms with Gasteiger partial charge in [0.05, 0.1) is 10.5 Å². The first-order valence-electron chi connectivity index (χ1n) is 5.93. The third-order valence-electron chi connectivity index (χ3n) is 3.40. The molecule has 1 aromatic carbocycles. The minimum absolute atomic E-state index is 0.00449. The Hall–Kier alpha value is -0.960. The largest absolute Gasteiger partial charge is 0.478 e. The zero-order valence-electron chi connectivity index (χ0n) is 10.5. The Morgan fingerprint density at radius 2 is 2.05 bits per heavy atom. The molecule has 0 heterocycles. The molecule has 0 atom stereocenters. The van der Waals surface area contributed by atoms with Crippen molar-refractivity contribution in [3.8, 4) is 0 Å². The number of carboxylic acid groups (broad SMARTS) is 1. The summed E-state index contributed by atoms with van der Waals surface area (Å²) >= 11 is 3.07. The molecule has 6 nitrogen and oxygen atoms in total. The van der Waals surface area contributed by atoms with E-state index in [4.69, 9.17) is 10.2 Å².